The predicted octanol–water partition coefficient (Wildman–Crippen LogP) is 3.88. The van der Waals surface area contributed by atoms with Crippen molar-refractivity contribution in [1.29, 1.82) is 0 Å². The highest BCUT2D eigenvalue weighted by atomic mass is 35.5. The number of pyridine rings is 1. The van der Waals surface area contributed by atoms with Gasteiger partial charge in [-0.05, 0) is 39.7 Å². The molecule has 1 aliphatic rings. The summed E-state index contributed by atoms with van der Waals surface area (Å²) < 4.78 is 38.0. The molecule has 0 aromatic carbocycles. The standard InChI is InChI=1S/C16H21ClF3N3O/c1-15(2,3)22-14(24)10-4-6-23(7-5-10)13-12(17)8-11(9-21-13)16(18,19)20/h8-10H,4-7H2,1-3H3,(H,22,24). The molecular weight excluding hydrogens is 343 g/mol. The van der Waals surface area contributed by atoms with Gasteiger partial charge in [0.05, 0.1) is 10.6 Å². The lowest BCUT2D eigenvalue weighted by Gasteiger charge is -2.34. The van der Waals surface area contributed by atoms with Crippen LogP contribution in [0, 0.1) is 5.92 Å². The number of amides is 1. The lowest BCUT2D eigenvalue weighted by molar-refractivity contribution is -0.137. The average Bonchev–Trinajstić information content (AvgIpc) is 2.44. The maximum atomic E-state index is 12.7. The van der Waals surface area contributed by atoms with Gasteiger partial charge >= 0.3 is 6.18 Å². The number of halogens is 4. The van der Waals surface area contributed by atoms with Crippen LogP contribution in [0.4, 0.5) is 19.0 Å². The van der Waals surface area contributed by atoms with Gasteiger partial charge in [-0.15, -0.1) is 0 Å². The number of carbonyl (C=O) groups is 1. The largest absolute Gasteiger partial charge is 0.417 e. The van der Waals surface area contributed by atoms with Crippen molar-refractivity contribution in [3.63, 3.8) is 0 Å². The third kappa shape index (κ3) is 4.75. The van der Waals surface area contributed by atoms with Crippen molar-refractivity contribution in [3.8, 4) is 0 Å². The summed E-state index contributed by atoms with van der Waals surface area (Å²) in [5.41, 5.74) is -1.15. The summed E-state index contributed by atoms with van der Waals surface area (Å²) in [4.78, 5) is 17.9. The first-order valence-electron chi connectivity index (χ1n) is 7.77. The molecule has 1 aliphatic heterocycles. The van der Waals surface area contributed by atoms with Crippen LogP contribution >= 0.6 is 11.6 Å². The highest BCUT2D eigenvalue weighted by Crippen LogP contribution is 2.34. The van der Waals surface area contributed by atoms with Crippen molar-refractivity contribution < 1.29 is 18.0 Å². The number of aromatic nitrogens is 1. The number of piperidine rings is 1. The van der Waals surface area contributed by atoms with Crippen molar-refractivity contribution in [2.24, 2.45) is 5.92 Å². The SMILES string of the molecule is CC(C)(C)NC(=O)C1CCN(c2ncc(C(F)(F)F)cc2Cl)CC1. The van der Waals surface area contributed by atoms with E-state index in [9.17, 15) is 18.0 Å². The first-order chi connectivity index (χ1) is 11.0. The van der Waals surface area contributed by atoms with Crippen molar-refractivity contribution in [2.75, 3.05) is 18.0 Å². The molecular formula is C16H21ClF3N3O. The number of hydrogen-bond donors (Lipinski definition) is 1. The van der Waals surface area contributed by atoms with Crippen LogP contribution in [0.15, 0.2) is 12.3 Å². The van der Waals surface area contributed by atoms with E-state index >= 15 is 0 Å². The Morgan fingerprint density at radius 2 is 1.88 bits per heavy atom. The molecule has 1 aromatic rings. The van der Waals surface area contributed by atoms with Crippen LogP contribution in [0.2, 0.25) is 5.02 Å². The quantitative estimate of drug-likeness (QED) is 0.867. The smallest absolute Gasteiger partial charge is 0.355 e. The summed E-state index contributed by atoms with van der Waals surface area (Å²) in [5.74, 6) is 0.238. The Labute approximate surface area is 144 Å². The van der Waals surface area contributed by atoms with Crippen molar-refractivity contribution in [1.82, 2.24) is 10.3 Å². The van der Waals surface area contributed by atoms with Crippen molar-refractivity contribution in [2.45, 2.75) is 45.3 Å². The number of nitrogens with zero attached hydrogens (tertiary/aromatic N) is 2. The van der Waals surface area contributed by atoms with Gasteiger partial charge < -0.3 is 10.2 Å². The molecule has 4 nitrogen and oxygen atoms in total. The van der Waals surface area contributed by atoms with Crippen LogP contribution in [0.25, 0.3) is 0 Å². The molecule has 8 heteroatoms. The van der Waals surface area contributed by atoms with Crippen LogP contribution in [0.5, 0.6) is 0 Å². The Balaban J connectivity index is 2.01. The van der Waals surface area contributed by atoms with Crippen LogP contribution < -0.4 is 10.2 Å². The minimum atomic E-state index is -4.47. The molecule has 2 heterocycles. The molecule has 0 unspecified atom stereocenters. The van der Waals surface area contributed by atoms with E-state index in [4.69, 9.17) is 11.6 Å². The second kappa shape index (κ2) is 6.78. The van der Waals surface area contributed by atoms with Crippen molar-refractivity contribution in [3.05, 3.63) is 22.8 Å². The molecule has 1 aromatic heterocycles. The van der Waals surface area contributed by atoms with Crippen molar-refractivity contribution >= 4 is 23.3 Å². The summed E-state index contributed by atoms with van der Waals surface area (Å²) in [6.07, 6.45) is -2.45. The maximum Gasteiger partial charge on any atom is 0.417 e. The summed E-state index contributed by atoms with van der Waals surface area (Å²) in [6, 6.07) is 0.891. The van der Waals surface area contributed by atoms with E-state index in [0.717, 1.165) is 12.3 Å². The second-order valence-corrected chi connectivity index (χ2v) is 7.43. The Morgan fingerprint density at radius 1 is 1.29 bits per heavy atom. The molecule has 0 radical (unpaired) electrons. The first-order valence-corrected chi connectivity index (χ1v) is 8.15. The van der Waals surface area contributed by atoms with Gasteiger partial charge in [0, 0.05) is 30.7 Å². The summed E-state index contributed by atoms with van der Waals surface area (Å²) in [5, 5.41) is 2.93. The van der Waals surface area contributed by atoms with E-state index in [1.54, 1.807) is 0 Å². The van der Waals surface area contributed by atoms with E-state index in [1.807, 2.05) is 25.7 Å². The zero-order valence-corrected chi connectivity index (χ0v) is 14.6. The molecule has 1 amide bonds. The Bertz CT molecular complexity index is 606. The molecule has 0 aliphatic carbocycles. The monoisotopic (exact) mass is 363 g/mol. The normalized spacial score (nSPS) is 17.0. The molecule has 1 N–H and O–H groups in total. The van der Waals surface area contributed by atoms with Gasteiger partial charge in [0.15, 0.2) is 0 Å². The van der Waals surface area contributed by atoms with Crippen LogP contribution in [0.3, 0.4) is 0 Å². The Kier molecular flexibility index (Phi) is 5.32. The fourth-order valence-corrected chi connectivity index (χ4v) is 2.93. The number of rotatable bonds is 2. The molecule has 2 rings (SSSR count). The first kappa shape index (κ1) is 18.8. The minimum Gasteiger partial charge on any atom is -0.355 e. The predicted molar refractivity (Wildman–Crippen MR) is 87.1 cm³/mol. The third-order valence-electron chi connectivity index (χ3n) is 3.81. The van der Waals surface area contributed by atoms with Gasteiger partial charge in [0.1, 0.15) is 5.82 Å². The van der Waals surface area contributed by atoms with E-state index in [2.05, 4.69) is 10.3 Å². The molecule has 0 atom stereocenters. The highest BCUT2D eigenvalue weighted by Gasteiger charge is 2.33. The van der Waals surface area contributed by atoms with Gasteiger partial charge in [0.25, 0.3) is 0 Å². The lowest BCUT2D eigenvalue weighted by Crippen LogP contribution is -2.47. The van der Waals surface area contributed by atoms with E-state index < -0.39 is 11.7 Å². The molecule has 24 heavy (non-hydrogen) atoms. The molecule has 0 bridgehead atoms. The number of hydrogen-bond acceptors (Lipinski definition) is 3. The molecule has 1 saturated heterocycles. The zero-order valence-electron chi connectivity index (χ0n) is 13.9. The third-order valence-corrected chi connectivity index (χ3v) is 4.09. The van der Waals surface area contributed by atoms with Gasteiger partial charge in [-0.2, -0.15) is 13.2 Å². The zero-order chi connectivity index (χ0) is 18.1. The molecule has 134 valence electrons. The summed E-state index contributed by atoms with van der Waals surface area (Å²) in [7, 11) is 0. The van der Waals surface area contributed by atoms with E-state index in [1.165, 1.54) is 0 Å². The van der Waals surface area contributed by atoms with Gasteiger partial charge in [-0.1, -0.05) is 11.6 Å². The van der Waals surface area contributed by atoms with Crippen LogP contribution in [0.1, 0.15) is 39.2 Å². The Morgan fingerprint density at radius 3 is 2.33 bits per heavy atom. The van der Waals surface area contributed by atoms with E-state index in [-0.39, 0.29) is 22.4 Å². The number of anilines is 1. The highest BCUT2D eigenvalue weighted by molar-refractivity contribution is 6.33. The van der Waals surface area contributed by atoms with Gasteiger partial charge in [0.2, 0.25) is 5.91 Å². The van der Waals surface area contributed by atoms with Gasteiger partial charge in [-0.25, -0.2) is 4.98 Å². The van der Waals surface area contributed by atoms with E-state index in [0.29, 0.717) is 31.7 Å². The van der Waals surface area contributed by atoms with Gasteiger partial charge in [-0.3, -0.25) is 4.79 Å². The minimum absolute atomic E-state index is 0.00799. The summed E-state index contributed by atoms with van der Waals surface area (Å²) >= 11 is 5.97. The second-order valence-electron chi connectivity index (χ2n) is 7.03. The number of nitrogens with one attached hydrogen (secondary N) is 1. The Hall–Kier alpha value is -1.50. The lowest BCUT2D eigenvalue weighted by atomic mass is 9.94. The maximum absolute atomic E-state index is 12.7. The fraction of sp³-hybridized carbons (Fsp3) is 0.625. The van der Waals surface area contributed by atoms with Crippen LogP contribution in [-0.2, 0) is 11.0 Å². The molecule has 0 spiro atoms. The topological polar surface area (TPSA) is 45.2 Å². The molecule has 1 fully saturated rings. The molecule has 0 saturated carbocycles. The fourth-order valence-electron chi connectivity index (χ4n) is 2.64. The average molecular weight is 364 g/mol. The summed E-state index contributed by atoms with van der Waals surface area (Å²) in [6.45, 7) is 6.82. The number of carbonyl (C=O) groups excluding carboxylic acids is 1. The van der Waals surface area contributed by atoms with Crippen LogP contribution in [-0.4, -0.2) is 29.5 Å². The number of alkyl halides is 3.